The molecule has 0 spiro atoms. The predicted octanol–water partition coefficient (Wildman–Crippen LogP) is 3.86. The largest absolute Gasteiger partial charge is 0.353 e. The standard InChI is InChI=1S/C18H36N2O/c1-5-11-18(13-19,12-6-2)17(21)20-16-10-8-7-9-15(16)14(3)4/h14-16H,5-13,19H2,1-4H3,(H,20,21). The molecule has 1 fully saturated rings. The van der Waals surface area contributed by atoms with E-state index in [0.29, 0.717) is 24.4 Å². The third kappa shape index (κ3) is 4.70. The molecule has 1 amide bonds. The molecule has 21 heavy (non-hydrogen) atoms. The number of rotatable bonds is 8. The lowest BCUT2D eigenvalue weighted by molar-refractivity contribution is -0.133. The second-order valence-electron chi connectivity index (χ2n) is 7.26. The van der Waals surface area contributed by atoms with Crippen molar-refractivity contribution in [3.05, 3.63) is 0 Å². The number of nitrogens with one attached hydrogen (secondary N) is 1. The fraction of sp³-hybridized carbons (Fsp3) is 0.944. The molecule has 3 nitrogen and oxygen atoms in total. The third-order valence-electron chi connectivity index (χ3n) is 5.32. The first-order valence-corrected chi connectivity index (χ1v) is 9.01. The Hall–Kier alpha value is -0.570. The fourth-order valence-electron chi connectivity index (χ4n) is 4.06. The Kier molecular flexibility index (Phi) is 7.72. The van der Waals surface area contributed by atoms with E-state index in [1.807, 2.05) is 0 Å². The number of hydrogen-bond acceptors (Lipinski definition) is 2. The van der Waals surface area contributed by atoms with Crippen LogP contribution in [0.4, 0.5) is 0 Å². The van der Waals surface area contributed by atoms with Crippen LogP contribution >= 0.6 is 0 Å². The smallest absolute Gasteiger partial charge is 0.227 e. The van der Waals surface area contributed by atoms with Gasteiger partial charge in [0.2, 0.25) is 5.91 Å². The Morgan fingerprint density at radius 1 is 1.19 bits per heavy atom. The minimum atomic E-state index is -0.345. The lowest BCUT2D eigenvalue weighted by atomic mass is 9.75. The van der Waals surface area contributed by atoms with Crippen LogP contribution in [-0.2, 0) is 4.79 Å². The van der Waals surface area contributed by atoms with Gasteiger partial charge in [0, 0.05) is 12.6 Å². The first-order valence-electron chi connectivity index (χ1n) is 9.01. The van der Waals surface area contributed by atoms with Crippen LogP contribution in [0.15, 0.2) is 0 Å². The molecule has 2 atom stereocenters. The Morgan fingerprint density at radius 3 is 2.24 bits per heavy atom. The van der Waals surface area contributed by atoms with Crippen molar-refractivity contribution in [3.8, 4) is 0 Å². The second kappa shape index (κ2) is 8.77. The number of nitrogens with two attached hydrogens (primary N) is 1. The van der Waals surface area contributed by atoms with Gasteiger partial charge in [-0.05, 0) is 37.5 Å². The van der Waals surface area contributed by atoms with Crippen molar-refractivity contribution >= 4 is 5.91 Å². The molecule has 3 N–H and O–H groups in total. The monoisotopic (exact) mass is 296 g/mol. The summed E-state index contributed by atoms with van der Waals surface area (Å²) in [5.74, 6) is 1.48. The number of amides is 1. The highest BCUT2D eigenvalue weighted by molar-refractivity contribution is 5.83. The minimum absolute atomic E-state index is 0.214. The molecule has 1 aliphatic carbocycles. The van der Waals surface area contributed by atoms with Crippen molar-refractivity contribution in [1.82, 2.24) is 5.32 Å². The molecular weight excluding hydrogens is 260 g/mol. The van der Waals surface area contributed by atoms with Crippen LogP contribution in [0.5, 0.6) is 0 Å². The van der Waals surface area contributed by atoms with Gasteiger partial charge in [-0.15, -0.1) is 0 Å². The van der Waals surface area contributed by atoms with Crippen LogP contribution in [0.3, 0.4) is 0 Å². The Labute approximate surface area is 131 Å². The molecular formula is C18H36N2O. The van der Waals surface area contributed by atoms with Gasteiger partial charge in [-0.1, -0.05) is 53.4 Å². The van der Waals surface area contributed by atoms with Crippen molar-refractivity contribution in [1.29, 1.82) is 0 Å². The molecule has 3 heteroatoms. The van der Waals surface area contributed by atoms with E-state index < -0.39 is 0 Å². The summed E-state index contributed by atoms with van der Waals surface area (Å²) in [6.07, 6.45) is 8.77. The van der Waals surface area contributed by atoms with Gasteiger partial charge in [0.15, 0.2) is 0 Å². The average molecular weight is 296 g/mol. The quantitative estimate of drug-likeness (QED) is 0.714. The van der Waals surface area contributed by atoms with Gasteiger partial charge < -0.3 is 11.1 Å². The summed E-state index contributed by atoms with van der Waals surface area (Å²) in [5.41, 5.74) is 5.67. The highest BCUT2D eigenvalue weighted by Crippen LogP contribution is 2.33. The zero-order chi connectivity index (χ0) is 15.9. The highest BCUT2D eigenvalue weighted by atomic mass is 16.2. The predicted molar refractivity (Wildman–Crippen MR) is 90.0 cm³/mol. The van der Waals surface area contributed by atoms with E-state index in [2.05, 4.69) is 33.0 Å². The van der Waals surface area contributed by atoms with Crippen molar-refractivity contribution in [2.75, 3.05) is 6.54 Å². The summed E-state index contributed by atoms with van der Waals surface area (Å²) >= 11 is 0. The number of hydrogen-bond donors (Lipinski definition) is 2. The van der Waals surface area contributed by atoms with Crippen LogP contribution in [0.2, 0.25) is 0 Å². The number of carbonyl (C=O) groups is 1. The molecule has 1 saturated carbocycles. The zero-order valence-corrected chi connectivity index (χ0v) is 14.6. The molecule has 1 rings (SSSR count). The summed E-state index contributed by atoms with van der Waals surface area (Å²) < 4.78 is 0. The Balaban J connectivity index is 2.79. The Bertz CT molecular complexity index is 308. The van der Waals surface area contributed by atoms with Gasteiger partial charge >= 0.3 is 0 Å². The van der Waals surface area contributed by atoms with Gasteiger partial charge in [-0.25, -0.2) is 0 Å². The molecule has 0 aliphatic heterocycles. The molecule has 0 radical (unpaired) electrons. The summed E-state index contributed by atoms with van der Waals surface area (Å²) in [4.78, 5) is 12.9. The Morgan fingerprint density at radius 2 is 1.76 bits per heavy atom. The maximum atomic E-state index is 12.9. The van der Waals surface area contributed by atoms with E-state index in [-0.39, 0.29) is 11.3 Å². The topological polar surface area (TPSA) is 55.1 Å². The normalized spacial score (nSPS) is 23.3. The van der Waals surface area contributed by atoms with Gasteiger partial charge in [0.25, 0.3) is 0 Å². The molecule has 0 aromatic rings. The lowest BCUT2D eigenvalue weighted by Gasteiger charge is -2.38. The molecule has 0 aromatic carbocycles. The molecule has 2 unspecified atom stereocenters. The van der Waals surface area contributed by atoms with Crippen LogP contribution in [0.1, 0.15) is 79.1 Å². The maximum Gasteiger partial charge on any atom is 0.227 e. The van der Waals surface area contributed by atoms with E-state index in [1.165, 1.54) is 19.3 Å². The summed E-state index contributed by atoms with van der Waals surface area (Å²) in [7, 11) is 0. The SMILES string of the molecule is CCCC(CN)(CCC)C(=O)NC1CCCCC1C(C)C. The van der Waals surface area contributed by atoms with E-state index in [9.17, 15) is 4.79 Å². The van der Waals surface area contributed by atoms with Crippen LogP contribution in [0.25, 0.3) is 0 Å². The van der Waals surface area contributed by atoms with Crippen molar-refractivity contribution in [3.63, 3.8) is 0 Å². The van der Waals surface area contributed by atoms with Crippen molar-refractivity contribution in [2.24, 2.45) is 23.0 Å². The molecule has 1 aliphatic rings. The lowest BCUT2D eigenvalue weighted by Crippen LogP contribution is -2.52. The molecule has 124 valence electrons. The van der Waals surface area contributed by atoms with E-state index in [4.69, 9.17) is 5.73 Å². The van der Waals surface area contributed by atoms with Gasteiger partial charge in [0.05, 0.1) is 5.41 Å². The number of carbonyl (C=O) groups excluding carboxylic acids is 1. The third-order valence-corrected chi connectivity index (χ3v) is 5.32. The molecule has 0 aromatic heterocycles. The highest BCUT2D eigenvalue weighted by Gasteiger charge is 2.38. The van der Waals surface area contributed by atoms with Gasteiger partial charge in [-0.2, -0.15) is 0 Å². The van der Waals surface area contributed by atoms with Crippen molar-refractivity contribution < 1.29 is 4.79 Å². The zero-order valence-electron chi connectivity index (χ0n) is 14.6. The summed E-state index contributed by atoms with van der Waals surface area (Å²) in [6.45, 7) is 9.32. The second-order valence-corrected chi connectivity index (χ2v) is 7.26. The van der Waals surface area contributed by atoms with E-state index in [1.54, 1.807) is 0 Å². The summed E-state index contributed by atoms with van der Waals surface area (Å²) in [5, 5.41) is 3.39. The molecule has 0 bridgehead atoms. The minimum Gasteiger partial charge on any atom is -0.353 e. The van der Waals surface area contributed by atoms with Gasteiger partial charge in [0.1, 0.15) is 0 Å². The van der Waals surface area contributed by atoms with Crippen LogP contribution in [-0.4, -0.2) is 18.5 Å². The van der Waals surface area contributed by atoms with Crippen LogP contribution in [0, 0.1) is 17.3 Å². The summed E-state index contributed by atoms with van der Waals surface area (Å²) in [6, 6.07) is 0.353. The first-order chi connectivity index (χ1) is 10.0. The average Bonchev–Trinajstić information content (AvgIpc) is 2.47. The van der Waals surface area contributed by atoms with Gasteiger partial charge in [-0.3, -0.25) is 4.79 Å². The molecule has 0 heterocycles. The molecule has 0 saturated heterocycles. The van der Waals surface area contributed by atoms with E-state index in [0.717, 1.165) is 32.1 Å². The van der Waals surface area contributed by atoms with Crippen molar-refractivity contribution in [2.45, 2.75) is 85.1 Å². The van der Waals surface area contributed by atoms with Crippen LogP contribution < -0.4 is 11.1 Å². The van der Waals surface area contributed by atoms with E-state index >= 15 is 0 Å². The fourth-order valence-corrected chi connectivity index (χ4v) is 4.06. The maximum absolute atomic E-state index is 12.9. The first kappa shape index (κ1) is 18.5.